The highest BCUT2D eigenvalue weighted by Crippen LogP contribution is 2.20. The molecule has 2 unspecified atom stereocenters. The van der Waals surface area contributed by atoms with Crippen molar-refractivity contribution in [2.75, 3.05) is 45.9 Å². The fourth-order valence-corrected chi connectivity index (χ4v) is 3.55. The van der Waals surface area contributed by atoms with Crippen molar-refractivity contribution in [3.63, 3.8) is 0 Å². The average Bonchev–Trinajstić information content (AvgIpc) is 2.48. The number of carbonyl (C=O) groups is 1. The third kappa shape index (κ3) is 5.07. The van der Waals surface area contributed by atoms with E-state index >= 15 is 0 Å². The molecule has 0 aromatic rings. The Morgan fingerprint density at radius 2 is 1.88 bits per heavy atom. The molecule has 0 bridgehead atoms. The van der Waals surface area contributed by atoms with E-state index in [1.54, 1.807) is 0 Å². The van der Waals surface area contributed by atoms with Crippen LogP contribution in [0.3, 0.4) is 0 Å². The number of morpholine rings is 1. The van der Waals surface area contributed by atoms with Crippen LogP contribution in [0.25, 0.3) is 0 Å². The second-order valence-electron chi connectivity index (χ2n) is 8.14. The van der Waals surface area contributed by atoms with Gasteiger partial charge in [0.1, 0.15) is 5.60 Å². The highest BCUT2D eigenvalue weighted by atomic mass is 16.6. The van der Waals surface area contributed by atoms with Crippen LogP contribution in [0.2, 0.25) is 0 Å². The van der Waals surface area contributed by atoms with Crippen LogP contribution in [0, 0.1) is 0 Å². The number of rotatable bonds is 3. The lowest BCUT2D eigenvalue weighted by Gasteiger charge is -2.47. The topological polar surface area (TPSA) is 45.2 Å². The van der Waals surface area contributed by atoms with Crippen molar-refractivity contribution < 1.29 is 14.3 Å². The normalized spacial score (nSPS) is 30.4. The maximum atomic E-state index is 12.6. The van der Waals surface area contributed by atoms with E-state index in [1.165, 1.54) is 0 Å². The molecular formula is C18H35N3O3. The van der Waals surface area contributed by atoms with Gasteiger partial charge in [-0.1, -0.05) is 6.92 Å². The number of hydrogen-bond acceptors (Lipinski definition) is 5. The van der Waals surface area contributed by atoms with Gasteiger partial charge in [-0.05, 0) is 41.2 Å². The van der Waals surface area contributed by atoms with Gasteiger partial charge in [-0.15, -0.1) is 0 Å². The highest BCUT2D eigenvalue weighted by Gasteiger charge is 2.37. The predicted octanol–water partition coefficient (Wildman–Crippen LogP) is 2.04. The SMILES string of the molecule is CCN1CC(C)N(C(=O)OC(C)(C)C)C[C@@H]1CN1CCOCC1C. The number of likely N-dealkylation sites (N-methyl/N-ethyl adjacent to an activating group) is 1. The van der Waals surface area contributed by atoms with Crippen molar-refractivity contribution in [2.45, 2.75) is 65.3 Å². The number of hydrogen-bond donors (Lipinski definition) is 0. The Hall–Kier alpha value is -0.850. The summed E-state index contributed by atoms with van der Waals surface area (Å²) in [6, 6.07) is 0.962. The van der Waals surface area contributed by atoms with Gasteiger partial charge < -0.3 is 14.4 Å². The van der Waals surface area contributed by atoms with Gasteiger partial charge in [-0.2, -0.15) is 0 Å². The van der Waals surface area contributed by atoms with Gasteiger partial charge in [0.15, 0.2) is 0 Å². The quantitative estimate of drug-likeness (QED) is 0.786. The van der Waals surface area contributed by atoms with Crippen LogP contribution in [0.4, 0.5) is 4.79 Å². The highest BCUT2D eigenvalue weighted by molar-refractivity contribution is 5.68. The van der Waals surface area contributed by atoms with Crippen LogP contribution >= 0.6 is 0 Å². The van der Waals surface area contributed by atoms with Crippen LogP contribution in [0.15, 0.2) is 0 Å². The molecule has 0 N–H and O–H groups in total. The van der Waals surface area contributed by atoms with Gasteiger partial charge in [-0.3, -0.25) is 9.80 Å². The fraction of sp³-hybridized carbons (Fsp3) is 0.944. The number of piperazine rings is 1. The Kier molecular flexibility index (Phi) is 6.51. The first-order valence-corrected chi connectivity index (χ1v) is 9.26. The van der Waals surface area contributed by atoms with Crippen LogP contribution in [0.1, 0.15) is 41.5 Å². The minimum absolute atomic E-state index is 0.179. The van der Waals surface area contributed by atoms with Gasteiger partial charge in [-0.25, -0.2) is 4.79 Å². The molecule has 2 aliphatic heterocycles. The zero-order chi connectivity index (χ0) is 17.9. The van der Waals surface area contributed by atoms with E-state index in [-0.39, 0.29) is 12.1 Å². The summed E-state index contributed by atoms with van der Waals surface area (Å²) in [6.45, 7) is 18.5. The third-order valence-electron chi connectivity index (χ3n) is 4.94. The molecule has 0 aromatic carbocycles. The van der Waals surface area contributed by atoms with Crippen molar-refractivity contribution in [1.82, 2.24) is 14.7 Å². The molecule has 0 radical (unpaired) electrons. The molecule has 2 rings (SSSR count). The van der Waals surface area contributed by atoms with E-state index in [0.29, 0.717) is 12.1 Å². The largest absolute Gasteiger partial charge is 0.444 e. The van der Waals surface area contributed by atoms with E-state index in [0.717, 1.165) is 45.9 Å². The molecule has 0 aromatic heterocycles. The van der Waals surface area contributed by atoms with Crippen molar-refractivity contribution in [2.24, 2.45) is 0 Å². The minimum Gasteiger partial charge on any atom is -0.444 e. The molecule has 2 heterocycles. The molecule has 3 atom stereocenters. The second-order valence-corrected chi connectivity index (χ2v) is 8.14. The van der Waals surface area contributed by atoms with E-state index < -0.39 is 5.60 Å². The molecule has 2 aliphatic rings. The van der Waals surface area contributed by atoms with Crippen molar-refractivity contribution in [1.29, 1.82) is 0 Å². The number of amides is 1. The van der Waals surface area contributed by atoms with Crippen molar-refractivity contribution >= 4 is 6.09 Å². The molecule has 6 nitrogen and oxygen atoms in total. The van der Waals surface area contributed by atoms with Gasteiger partial charge in [0.05, 0.1) is 13.2 Å². The van der Waals surface area contributed by atoms with E-state index in [9.17, 15) is 4.79 Å². The Labute approximate surface area is 147 Å². The maximum Gasteiger partial charge on any atom is 0.410 e. The Morgan fingerprint density at radius 3 is 2.46 bits per heavy atom. The first kappa shape index (κ1) is 19.5. The van der Waals surface area contributed by atoms with Crippen LogP contribution in [-0.4, -0.2) is 90.5 Å². The molecule has 0 aliphatic carbocycles. The zero-order valence-electron chi connectivity index (χ0n) is 16.2. The van der Waals surface area contributed by atoms with Crippen LogP contribution in [0.5, 0.6) is 0 Å². The summed E-state index contributed by atoms with van der Waals surface area (Å²) in [5.41, 5.74) is -0.451. The summed E-state index contributed by atoms with van der Waals surface area (Å²) >= 11 is 0. The predicted molar refractivity (Wildman–Crippen MR) is 95.3 cm³/mol. The summed E-state index contributed by atoms with van der Waals surface area (Å²) in [4.78, 5) is 19.5. The smallest absolute Gasteiger partial charge is 0.410 e. The Balaban J connectivity index is 2.03. The molecule has 140 valence electrons. The first-order chi connectivity index (χ1) is 11.2. The van der Waals surface area contributed by atoms with Gasteiger partial charge in [0, 0.05) is 44.3 Å². The maximum absolute atomic E-state index is 12.6. The van der Waals surface area contributed by atoms with Crippen molar-refractivity contribution in [3.8, 4) is 0 Å². The summed E-state index contributed by atoms with van der Waals surface area (Å²) in [7, 11) is 0. The van der Waals surface area contributed by atoms with Crippen molar-refractivity contribution in [3.05, 3.63) is 0 Å². The first-order valence-electron chi connectivity index (χ1n) is 9.26. The van der Waals surface area contributed by atoms with Gasteiger partial charge in [0.2, 0.25) is 0 Å². The van der Waals surface area contributed by atoms with E-state index in [1.807, 2.05) is 25.7 Å². The number of ether oxygens (including phenoxy) is 2. The summed E-state index contributed by atoms with van der Waals surface area (Å²) in [5, 5.41) is 0. The molecule has 0 spiro atoms. The Bertz CT molecular complexity index is 424. The van der Waals surface area contributed by atoms with Gasteiger partial charge >= 0.3 is 6.09 Å². The lowest BCUT2D eigenvalue weighted by atomic mass is 10.1. The minimum atomic E-state index is -0.451. The monoisotopic (exact) mass is 341 g/mol. The average molecular weight is 341 g/mol. The molecule has 1 amide bonds. The lowest BCUT2D eigenvalue weighted by Crippen LogP contribution is -2.63. The second kappa shape index (κ2) is 8.02. The number of carbonyl (C=O) groups excluding carboxylic acids is 1. The molecule has 0 saturated carbocycles. The van der Waals surface area contributed by atoms with Crippen LogP contribution in [-0.2, 0) is 9.47 Å². The third-order valence-corrected chi connectivity index (χ3v) is 4.94. The van der Waals surface area contributed by atoms with Crippen LogP contribution < -0.4 is 0 Å². The standard InChI is InChI=1S/C18H35N3O3/c1-7-19-10-14(2)21(17(22)24-18(4,5)6)12-16(19)11-20-8-9-23-13-15(20)3/h14-16H,7-13H2,1-6H3/t14?,15?,16-/m0/s1. The van der Waals surface area contributed by atoms with Gasteiger partial charge in [0.25, 0.3) is 0 Å². The lowest BCUT2D eigenvalue weighted by molar-refractivity contribution is -0.0394. The summed E-state index contributed by atoms with van der Waals surface area (Å²) in [5.74, 6) is 0. The zero-order valence-corrected chi connectivity index (χ0v) is 16.2. The van der Waals surface area contributed by atoms with E-state index in [2.05, 4.69) is 30.6 Å². The summed E-state index contributed by atoms with van der Waals surface area (Å²) < 4.78 is 11.2. The Morgan fingerprint density at radius 1 is 1.17 bits per heavy atom. The molecule has 2 saturated heterocycles. The number of nitrogens with zero attached hydrogens (tertiary/aromatic N) is 3. The summed E-state index contributed by atoms with van der Waals surface area (Å²) in [6.07, 6.45) is -0.189. The van der Waals surface area contributed by atoms with E-state index in [4.69, 9.17) is 9.47 Å². The molecule has 6 heteroatoms. The molecule has 2 fully saturated rings. The molecular weight excluding hydrogens is 306 g/mol. The fourth-order valence-electron chi connectivity index (χ4n) is 3.55. The molecule has 24 heavy (non-hydrogen) atoms.